The van der Waals surface area contributed by atoms with E-state index in [1.807, 2.05) is 0 Å². The first-order valence-electron chi connectivity index (χ1n) is 6.19. The molecule has 0 heterocycles. The van der Waals surface area contributed by atoms with Gasteiger partial charge in [-0.05, 0) is 48.8 Å². The highest BCUT2D eigenvalue weighted by Crippen LogP contribution is 2.48. The van der Waals surface area contributed by atoms with Crippen molar-refractivity contribution in [3.05, 3.63) is 34.9 Å². The van der Waals surface area contributed by atoms with Crippen LogP contribution in [0.2, 0.25) is 0 Å². The molecule has 0 radical (unpaired) electrons. The summed E-state index contributed by atoms with van der Waals surface area (Å²) in [5, 5.41) is 8.93. The molecular weight excluding hydrogens is 257 g/mol. The van der Waals surface area contributed by atoms with Crippen LogP contribution in [0.3, 0.4) is 0 Å². The number of carboxylic acid groups (broad SMARTS) is 1. The van der Waals surface area contributed by atoms with Crippen molar-refractivity contribution in [3.63, 3.8) is 0 Å². The Morgan fingerprint density at radius 1 is 1.42 bits per heavy atom. The van der Waals surface area contributed by atoms with Crippen molar-refractivity contribution in [2.24, 2.45) is 5.92 Å². The first-order valence-corrected chi connectivity index (χ1v) is 6.19. The molecule has 1 aromatic rings. The van der Waals surface area contributed by atoms with E-state index < -0.39 is 23.6 Å². The van der Waals surface area contributed by atoms with Crippen LogP contribution in [0.4, 0.5) is 13.2 Å². The van der Waals surface area contributed by atoms with E-state index in [0.717, 1.165) is 18.9 Å². The lowest BCUT2D eigenvalue weighted by Crippen LogP contribution is -2.17. The van der Waals surface area contributed by atoms with Gasteiger partial charge in [-0.2, -0.15) is 13.2 Å². The highest BCUT2D eigenvalue weighted by Gasteiger charge is 2.41. The Hall–Kier alpha value is -1.52. The highest BCUT2D eigenvalue weighted by atomic mass is 19.4. The maximum Gasteiger partial charge on any atom is 0.416 e. The molecule has 19 heavy (non-hydrogen) atoms. The van der Waals surface area contributed by atoms with Gasteiger partial charge in [0.2, 0.25) is 0 Å². The Balaban J connectivity index is 2.48. The number of rotatable bonds is 4. The summed E-state index contributed by atoms with van der Waals surface area (Å²) in [4.78, 5) is 10.9. The molecular formula is C14H15F3O2. The topological polar surface area (TPSA) is 37.3 Å². The fourth-order valence-electron chi connectivity index (χ4n) is 2.61. The SMILES string of the molecule is Cc1cccc(C(F)(F)F)c1C(CC(=O)O)C1CC1. The molecule has 1 aliphatic rings. The van der Waals surface area contributed by atoms with Crippen molar-refractivity contribution < 1.29 is 23.1 Å². The van der Waals surface area contributed by atoms with Crippen LogP contribution >= 0.6 is 0 Å². The van der Waals surface area contributed by atoms with E-state index in [1.165, 1.54) is 6.07 Å². The average molecular weight is 272 g/mol. The van der Waals surface area contributed by atoms with Crippen LogP contribution < -0.4 is 0 Å². The van der Waals surface area contributed by atoms with Gasteiger partial charge in [0.15, 0.2) is 0 Å². The van der Waals surface area contributed by atoms with E-state index in [1.54, 1.807) is 13.0 Å². The van der Waals surface area contributed by atoms with Crippen molar-refractivity contribution in [1.29, 1.82) is 0 Å². The monoisotopic (exact) mass is 272 g/mol. The first-order chi connectivity index (χ1) is 8.80. The molecule has 0 amide bonds. The lowest BCUT2D eigenvalue weighted by molar-refractivity contribution is -0.140. The van der Waals surface area contributed by atoms with Gasteiger partial charge < -0.3 is 5.11 Å². The Labute approximate surface area is 109 Å². The second kappa shape index (κ2) is 4.87. The summed E-state index contributed by atoms with van der Waals surface area (Å²) >= 11 is 0. The number of aliphatic carboxylic acids is 1. The van der Waals surface area contributed by atoms with Crippen LogP contribution in [0.15, 0.2) is 18.2 Å². The summed E-state index contributed by atoms with van der Waals surface area (Å²) in [6.45, 7) is 1.61. The van der Waals surface area contributed by atoms with Gasteiger partial charge in [0, 0.05) is 0 Å². The minimum absolute atomic E-state index is 0.0679. The van der Waals surface area contributed by atoms with Crippen molar-refractivity contribution in [2.45, 2.75) is 38.3 Å². The van der Waals surface area contributed by atoms with E-state index >= 15 is 0 Å². The van der Waals surface area contributed by atoms with E-state index in [9.17, 15) is 18.0 Å². The summed E-state index contributed by atoms with van der Waals surface area (Å²) < 4.78 is 39.2. The Morgan fingerprint density at radius 2 is 2.05 bits per heavy atom. The summed E-state index contributed by atoms with van der Waals surface area (Å²) in [6, 6.07) is 4.02. The Bertz CT molecular complexity index is 490. The van der Waals surface area contributed by atoms with Gasteiger partial charge in [-0.1, -0.05) is 12.1 Å². The molecule has 1 N–H and O–H groups in total. The van der Waals surface area contributed by atoms with Crippen LogP contribution in [-0.2, 0) is 11.0 Å². The molecule has 0 aliphatic heterocycles. The fraction of sp³-hybridized carbons (Fsp3) is 0.500. The second-order valence-corrected chi connectivity index (χ2v) is 5.08. The standard InChI is InChI=1S/C14H15F3O2/c1-8-3-2-4-11(14(15,16)17)13(8)10(7-12(18)19)9-5-6-9/h2-4,9-10H,5-7H2,1H3,(H,18,19). The highest BCUT2D eigenvalue weighted by molar-refractivity contribution is 5.68. The maximum absolute atomic E-state index is 13.1. The number of benzene rings is 1. The molecule has 0 spiro atoms. The number of carbonyl (C=O) groups is 1. The van der Waals surface area contributed by atoms with Gasteiger partial charge in [-0.3, -0.25) is 4.79 Å². The molecule has 1 fully saturated rings. The molecule has 1 unspecified atom stereocenters. The summed E-state index contributed by atoms with van der Waals surface area (Å²) in [5.74, 6) is -1.51. The van der Waals surface area contributed by atoms with Gasteiger partial charge in [0.05, 0.1) is 12.0 Å². The van der Waals surface area contributed by atoms with Gasteiger partial charge >= 0.3 is 12.1 Å². The maximum atomic E-state index is 13.1. The number of carboxylic acids is 1. The van der Waals surface area contributed by atoms with Crippen LogP contribution in [0, 0.1) is 12.8 Å². The van der Waals surface area contributed by atoms with Gasteiger partial charge in [-0.25, -0.2) is 0 Å². The molecule has 1 atom stereocenters. The number of alkyl halides is 3. The number of hydrogen-bond acceptors (Lipinski definition) is 1. The van der Waals surface area contributed by atoms with Gasteiger partial charge in [0.25, 0.3) is 0 Å². The molecule has 1 saturated carbocycles. The third-order valence-corrected chi connectivity index (χ3v) is 3.59. The van der Waals surface area contributed by atoms with E-state index in [0.29, 0.717) is 5.56 Å². The minimum atomic E-state index is -4.44. The molecule has 2 rings (SSSR count). The van der Waals surface area contributed by atoms with Crippen molar-refractivity contribution in [2.75, 3.05) is 0 Å². The smallest absolute Gasteiger partial charge is 0.416 e. The zero-order valence-corrected chi connectivity index (χ0v) is 10.5. The lowest BCUT2D eigenvalue weighted by Gasteiger charge is -2.22. The lowest BCUT2D eigenvalue weighted by atomic mass is 9.84. The third kappa shape index (κ3) is 3.08. The van der Waals surface area contributed by atoms with Crippen LogP contribution in [-0.4, -0.2) is 11.1 Å². The minimum Gasteiger partial charge on any atom is -0.481 e. The molecule has 104 valence electrons. The zero-order chi connectivity index (χ0) is 14.2. The van der Waals surface area contributed by atoms with Gasteiger partial charge in [-0.15, -0.1) is 0 Å². The van der Waals surface area contributed by atoms with Crippen molar-refractivity contribution >= 4 is 5.97 Å². The zero-order valence-electron chi connectivity index (χ0n) is 10.5. The molecule has 0 bridgehead atoms. The fourth-order valence-corrected chi connectivity index (χ4v) is 2.61. The Kier molecular flexibility index (Phi) is 3.56. The summed E-state index contributed by atoms with van der Waals surface area (Å²) in [7, 11) is 0. The van der Waals surface area contributed by atoms with Crippen LogP contribution in [0.25, 0.3) is 0 Å². The first kappa shape index (κ1) is 13.9. The predicted molar refractivity (Wildman–Crippen MR) is 63.9 cm³/mol. The van der Waals surface area contributed by atoms with E-state index in [-0.39, 0.29) is 17.9 Å². The van der Waals surface area contributed by atoms with Crippen LogP contribution in [0.5, 0.6) is 0 Å². The molecule has 2 nitrogen and oxygen atoms in total. The molecule has 0 aromatic heterocycles. The quantitative estimate of drug-likeness (QED) is 0.900. The molecule has 5 heteroatoms. The van der Waals surface area contributed by atoms with Crippen molar-refractivity contribution in [3.8, 4) is 0 Å². The van der Waals surface area contributed by atoms with E-state index in [2.05, 4.69) is 0 Å². The molecule has 0 saturated heterocycles. The number of halogens is 3. The largest absolute Gasteiger partial charge is 0.481 e. The summed E-state index contributed by atoms with van der Waals surface area (Å²) in [5.41, 5.74) is -0.00137. The van der Waals surface area contributed by atoms with Gasteiger partial charge in [0.1, 0.15) is 0 Å². The van der Waals surface area contributed by atoms with Crippen molar-refractivity contribution in [1.82, 2.24) is 0 Å². The molecule has 1 aliphatic carbocycles. The summed E-state index contributed by atoms with van der Waals surface area (Å²) in [6.07, 6.45) is -3.06. The normalized spacial score (nSPS) is 17.3. The number of hydrogen-bond donors (Lipinski definition) is 1. The second-order valence-electron chi connectivity index (χ2n) is 5.08. The van der Waals surface area contributed by atoms with E-state index in [4.69, 9.17) is 5.11 Å². The third-order valence-electron chi connectivity index (χ3n) is 3.59. The molecule has 1 aromatic carbocycles. The number of aryl methyl sites for hydroxylation is 1. The Morgan fingerprint density at radius 3 is 2.53 bits per heavy atom. The average Bonchev–Trinajstić information content (AvgIpc) is 3.08. The predicted octanol–water partition coefficient (Wildman–Crippen LogP) is 3.98. The van der Waals surface area contributed by atoms with Crippen LogP contribution in [0.1, 0.15) is 41.9 Å².